The second kappa shape index (κ2) is 10.8. The molecule has 3 aromatic carbocycles. The molecule has 0 fully saturated rings. The summed E-state index contributed by atoms with van der Waals surface area (Å²) in [7, 11) is -3.75. The number of carbonyl (C=O) groups excluding carboxylic acids is 1. The largest absolute Gasteiger partial charge is 0.478 e. The molecule has 0 aliphatic carbocycles. The van der Waals surface area contributed by atoms with Gasteiger partial charge in [0.25, 0.3) is 0 Å². The van der Waals surface area contributed by atoms with Crippen molar-refractivity contribution in [2.45, 2.75) is 15.9 Å². The van der Waals surface area contributed by atoms with Crippen LogP contribution in [-0.2, 0) is 15.8 Å². The van der Waals surface area contributed by atoms with E-state index in [1.165, 1.54) is 48.2 Å². The number of carbonyl (C=O) groups is 2. The standard InChI is InChI=1S/C23H20ClNO5S2/c24-20-8-10-21(11-9-20)32(29,30)25-13-22(19-3-1-2-17(12-19)14-26)31-15-16-4-6-18(7-5-16)23(27)28/h1-12,14,22,25H,13,15H2,(H,27,28). The van der Waals surface area contributed by atoms with Gasteiger partial charge in [-0.05, 0) is 53.6 Å². The summed E-state index contributed by atoms with van der Waals surface area (Å²) >= 11 is 7.33. The molecule has 0 saturated carbocycles. The zero-order chi connectivity index (χ0) is 23.1. The summed E-state index contributed by atoms with van der Waals surface area (Å²) in [6.07, 6.45) is 0.744. The lowest BCUT2D eigenvalue weighted by atomic mass is 10.1. The highest BCUT2D eigenvalue weighted by atomic mass is 35.5. The van der Waals surface area contributed by atoms with E-state index in [9.17, 15) is 18.0 Å². The van der Waals surface area contributed by atoms with Crippen molar-refractivity contribution in [3.63, 3.8) is 0 Å². The van der Waals surface area contributed by atoms with E-state index in [0.717, 1.165) is 17.4 Å². The van der Waals surface area contributed by atoms with Crippen LogP contribution in [0.2, 0.25) is 5.02 Å². The Morgan fingerprint density at radius 2 is 1.75 bits per heavy atom. The fourth-order valence-corrected chi connectivity index (χ4v) is 5.33. The number of rotatable bonds is 10. The first kappa shape index (κ1) is 24.0. The molecule has 0 aromatic heterocycles. The Labute approximate surface area is 195 Å². The molecule has 9 heteroatoms. The first-order valence-corrected chi connectivity index (χ1v) is 12.4. The molecule has 0 heterocycles. The van der Waals surface area contributed by atoms with Gasteiger partial charge in [0.15, 0.2) is 0 Å². The van der Waals surface area contributed by atoms with Gasteiger partial charge < -0.3 is 5.11 Å². The van der Waals surface area contributed by atoms with Crippen molar-refractivity contribution in [3.8, 4) is 0 Å². The van der Waals surface area contributed by atoms with E-state index in [-0.39, 0.29) is 22.3 Å². The van der Waals surface area contributed by atoms with E-state index >= 15 is 0 Å². The van der Waals surface area contributed by atoms with Crippen LogP contribution in [0.5, 0.6) is 0 Å². The number of aromatic carboxylic acids is 1. The minimum absolute atomic E-state index is 0.102. The molecule has 32 heavy (non-hydrogen) atoms. The molecule has 0 radical (unpaired) electrons. The number of sulfonamides is 1. The number of hydrogen-bond acceptors (Lipinski definition) is 5. The summed E-state index contributed by atoms with van der Waals surface area (Å²) in [6.45, 7) is 0.102. The number of benzene rings is 3. The number of carboxylic acid groups (broad SMARTS) is 1. The molecule has 3 aromatic rings. The molecule has 6 nitrogen and oxygen atoms in total. The molecule has 0 amide bonds. The Hall–Kier alpha value is -2.65. The van der Waals surface area contributed by atoms with Gasteiger partial charge >= 0.3 is 5.97 Å². The van der Waals surface area contributed by atoms with E-state index in [4.69, 9.17) is 16.7 Å². The van der Waals surface area contributed by atoms with Crippen LogP contribution in [0, 0.1) is 0 Å². The van der Waals surface area contributed by atoms with E-state index < -0.39 is 16.0 Å². The van der Waals surface area contributed by atoms with Gasteiger partial charge in [-0.1, -0.05) is 41.9 Å². The molecule has 2 N–H and O–H groups in total. The fraction of sp³-hybridized carbons (Fsp3) is 0.130. The number of aldehydes is 1. The number of nitrogens with one attached hydrogen (secondary N) is 1. The van der Waals surface area contributed by atoms with Crippen LogP contribution in [0.15, 0.2) is 77.7 Å². The summed E-state index contributed by atoms with van der Waals surface area (Å²) in [4.78, 5) is 22.3. The van der Waals surface area contributed by atoms with Crippen LogP contribution in [-0.4, -0.2) is 32.3 Å². The maximum absolute atomic E-state index is 12.7. The van der Waals surface area contributed by atoms with Crippen molar-refractivity contribution in [2.24, 2.45) is 0 Å². The van der Waals surface area contributed by atoms with E-state index in [0.29, 0.717) is 16.3 Å². The lowest BCUT2D eigenvalue weighted by molar-refractivity contribution is 0.0696. The molecule has 1 atom stereocenters. The predicted octanol–water partition coefficient (Wildman–Crippen LogP) is 4.80. The first-order chi connectivity index (χ1) is 15.3. The molecule has 0 spiro atoms. The Kier molecular flexibility index (Phi) is 8.09. The molecule has 0 aliphatic rings. The topological polar surface area (TPSA) is 101 Å². The molecule has 3 rings (SSSR count). The van der Waals surface area contributed by atoms with E-state index in [2.05, 4.69) is 4.72 Å². The molecular formula is C23H20ClNO5S2. The van der Waals surface area contributed by atoms with Gasteiger partial charge in [0.2, 0.25) is 10.0 Å². The minimum Gasteiger partial charge on any atom is -0.478 e. The van der Waals surface area contributed by atoms with Gasteiger partial charge in [0, 0.05) is 28.1 Å². The Morgan fingerprint density at radius 3 is 2.38 bits per heavy atom. The molecule has 0 aliphatic heterocycles. The zero-order valence-corrected chi connectivity index (χ0v) is 19.2. The lowest BCUT2D eigenvalue weighted by Gasteiger charge is -2.19. The average molecular weight is 490 g/mol. The van der Waals surface area contributed by atoms with E-state index in [1.54, 1.807) is 30.3 Å². The van der Waals surface area contributed by atoms with Crippen LogP contribution in [0.4, 0.5) is 0 Å². The second-order valence-electron chi connectivity index (χ2n) is 6.90. The monoisotopic (exact) mass is 489 g/mol. The van der Waals surface area contributed by atoms with Crippen molar-refractivity contribution in [1.29, 1.82) is 0 Å². The third-order valence-corrected chi connectivity index (χ3v) is 7.69. The molecular weight excluding hydrogens is 470 g/mol. The maximum Gasteiger partial charge on any atom is 0.335 e. The van der Waals surface area contributed by atoms with Crippen LogP contribution in [0.3, 0.4) is 0 Å². The Morgan fingerprint density at radius 1 is 1.06 bits per heavy atom. The number of halogens is 1. The quantitative estimate of drug-likeness (QED) is 0.396. The summed E-state index contributed by atoms with van der Waals surface area (Å²) in [5.74, 6) is -0.470. The minimum atomic E-state index is -3.75. The van der Waals surface area contributed by atoms with Gasteiger partial charge in [-0.3, -0.25) is 4.79 Å². The first-order valence-electron chi connectivity index (χ1n) is 9.53. The zero-order valence-electron chi connectivity index (χ0n) is 16.8. The summed E-state index contributed by atoms with van der Waals surface area (Å²) in [5, 5.41) is 9.20. The van der Waals surface area contributed by atoms with Crippen molar-refractivity contribution < 1.29 is 23.1 Å². The Bertz CT molecular complexity index is 1200. The fourth-order valence-electron chi connectivity index (χ4n) is 2.93. The summed E-state index contributed by atoms with van der Waals surface area (Å²) in [5.41, 5.74) is 2.40. The maximum atomic E-state index is 12.7. The molecule has 0 bridgehead atoms. The van der Waals surface area contributed by atoms with Crippen molar-refractivity contribution in [1.82, 2.24) is 4.72 Å². The van der Waals surface area contributed by atoms with Gasteiger partial charge in [0.1, 0.15) is 6.29 Å². The SMILES string of the molecule is O=Cc1cccc(C(CNS(=O)(=O)c2ccc(Cl)cc2)SCc2ccc(C(=O)O)cc2)c1. The number of thioether (sulfide) groups is 1. The summed E-state index contributed by atoms with van der Waals surface area (Å²) in [6, 6.07) is 19.4. The number of hydrogen-bond donors (Lipinski definition) is 2. The second-order valence-corrected chi connectivity index (χ2v) is 10.3. The Balaban J connectivity index is 1.78. The lowest BCUT2D eigenvalue weighted by Crippen LogP contribution is -2.27. The van der Waals surface area contributed by atoms with E-state index in [1.807, 2.05) is 6.07 Å². The highest BCUT2D eigenvalue weighted by molar-refractivity contribution is 7.98. The van der Waals surface area contributed by atoms with Crippen LogP contribution in [0.1, 0.15) is 37.1 Å². The third-order valence-electron chi connectivity index (χ3n) is 4.65. The van der Waals surface area contributed by atoms with Crippen molar-refractivity contribution in [2.75, 3.05) is 6.54 Å². The highest BCUT2D eigenvalue weighted by Gasteiger charge is 2.19. The molecule has 0 saturated heterocycles. The molecule has 1 unspecified atom stereocenters. The van der Waals surface area contributed by atoms with Gasteiger partial charge in [-0.15, -0.1) is 11.8 Å². The average Bonchev–Trinajstić information content (AvgIpc) is 2.79. The smallest absolute Gasteiger partial charge is 0.335 e. The van der Waals surface area contributed by atoms with Crippen molar-refractivity contribution >= 4 is 45.6 Å². The molecule has 166 valence electrons. The third kappa shape index (κ3) is 6.43. The van der Waals surface area contributed by atoms with Crippen molar-refractivity contribution in [3.05, 3.63) is 100 Å². The normalized spacial score (nSPS) is 12.3. The summed E-state index contributed by atoms with van der Waals surface area (Å²) < 4.78 is 28.0. The highest BCUT2D eigenvalue weighted by Crippen LogP contribution is 2.32. The van der Waals surface area contributed by atoms with Gasteiger partial charge in [-0.2, -0.15) is 0 Å². The van der Waals surface area contributed by atoms with Crippen LogP contribution < -0.4 is 4.72 Å². The number of carboxylic acids is 1. The predicted molar refractivity (Wildman–Crippen MR) is 126 cm³/mol. The van der Waals surface area contributed by atoms with Crippen LogP contribution >= 0.6 is 23.4 Å². The van der Waals surface area contributed by atoms with Gasteiger partial charge in [-0.25, -0.2) is 17.9 Å². The van der Waals surface area contributed by atoms with Gasteiger partial charge in [0.05, 0.1) is 10.5 Å². The van der Waals surface area contributed by atoms with Crippen LogP contribution in [0.25, 0.3) is 0 Å².